The molecule has 12 heteroatoms. The van der Waals surface area contributed by atoms with Gasteiger partial charge in [0, 0.05) is 11.6 Å². The van der Waals surface area contributed by atoms with Crippen molar-refractivity contribution in [1.82, 2.24) is 9.97 Å². The summed E-state index contributed by atoms with van der Waals surface area (Å²) in [5.41, 5.74) is 10.9. The maximum Gasteiger partial charge on any atom is 0.318 e. The number of nitrogen functional groups attached to an aromatic ring is 2. The second-order valence-corrected chi connectivity index (χ2v) is 5.60. The van der Waals surface area contributed by atoms with E-state index in [1.165, 1.54) is 12.1 Å². The Labute approximate surface area is 162 Å². The van der Waals surface area contributed by atoms with E-state index in [4.69, 9.17) is 16.2 Å². The van der Waals surface area contributed by atoms with Crippen LogP contribution in [-0.4, -0.2) is 19.8 Å². The van der Waals surface area contributed by atoms with Crippen molar-refractivity contribution in [3.63, 3.8) is 0 Å². The summed E-state index contributed by atoms with van der Waals surface area (Å²) in [4.78, 5) is 28.3. The first kappa shape index (κ1) is 19.0. The average Bonchev–Trinajstić information content (AvgIpc) is 2.67. The van der Waals surface area contributed by atoms with Gasteiger partial charge in [-0.25, -0.2) is 4.98 Å². The topological polar surface area (TPSA) is 197 Å². The van der Waals surface area contributed by atoms with Crippen molar-refractivity contribution < 1.29 is 14.6 Å². The fourth-order valence-corrected chi connectivity index (χ4v) is 2.50. The first-order valence-electron chi connectivity index (χ1n) is 7.84. The van der Waals surface area contributed by atoms with Crippen LogP contribution in [0.1, 0.15) is 5.56 Å². The maximum atomic E-state index is 11.3. The number of anilines is 2. The molecule has 0 spiro atoms. The summed E-state index contributed by atoms with van der Waals surface area (Å²) in [7, 11) is 0. The Morgan fingerprint density at radius 3 is 2.45 bits per heavy atom. The van der Waals surface area contributed by atoms with Crippen LogP contribution in [-0.2, 0) is 0 Å². The molecule has 0 bridgehead atoms. The molecule has 2 aromatic carbocycles. The van der Waals surface area contributed by atoms with E-state index in [1.807, 2.05) is 6.07 Å². The Hall–Kier alpha value is -4.79. The number of nitrogens with zero attached hydrogens (tertiary/aromatic N) is 5. The van der Waals surface area contributed by atoms with Crippen LogP contribution < -0.4 is 16.2 Å². The largest absolute Gasteiger partial charge is 0.450 e. The summed E-state index contributed by atoms with van der Waals surface area (Å²) in [5, 5.41) is 31.4. The second-order valence-electron chi connectivity index (χ2n) is 5.60. The van der Waals surface area contributed by atoms with Gasteiger partial charge < -0.3 is 16.2 Å². The maximum absolute atomic E-state index is 11.3. The number of nitro groups is 2. The fraction of sp³-hybridized carbons (Fsp3) is 0. The highest BCUT2D eigenvalue weighted by Crippen LogP contribution is 2.36. The minimum Gasteiger partial charge on any atom is -0.450 e. The Balaban J connectivity index is 2.04. The van der Waals surface area contributed by atoms with E-state index in [9.17, 15) is 25.5 Å². The van der Waals surface area contributed by atoms with E-state index in [0.29, 0.717) is 5.56 Å². The number of aromatic nitrogens is 2. The minimum absolute atomic E-state index is 0.0117. The number of nitriles is 1. The Morgan fingerprint density at radius 1 is 1.03 bits per heavy atom. The van der Waals surface area contributed by atoms with Gasteiger partial charge in [0.05, 0.1) is 21.6 Å². The Bertz CT molecular complexity index is 1190. The highest BCUT2D eigenvalue weighted by Gasteiger charge is 2.21. The van der Waals surface area contributed by atoms with Crippen LogP contribution in [0.3, 0.4) is 0 Å². The number of hydrogen-bond acceptors (Lipinski definition) is 10. The SMILES string of the molecule is N#Cc1c(N)nc(N)nc1-c1cccc(Oc2ccc([N+](=O)[O-])cc2[N+](=O)[O-])c1. The van der Waals surface area contributed by atoms with Gasteiger partial charge in [-0.05, 0) is 18.2 Å². The highest BCUT2D eigenvalue weighted by molar-refractivity contribution is 5.74. The van der Waals surface area contributed by atoms with Crippen LogP contribution in [0.15, 0.2) is 42.5 Å². The van der Waals surface area contributed by atoms with E-state index >= 15 is 0 Å². The number of rotatable bonds is 5. The zero-order valence-corrected chi connectivity index (χ0v) is 14.5. The van der Waals surface area contributed by atoms with Crippen LogP contribution in [0, 0.1) is 31.6 Å². The molecule has 0 saturated heterocycles. The zero-order valence-electron chi connectivity index (χ0n) is 14.5. The number of non-ortho nitro benzene ring substituents is 1. The summed E-state index contributed by atoms with van der Waals surface area (Å²) in [5.74, 6) is -0.250. The summed E-state index contributed by atoms with van der Waals surface area (Å²) in [6, 6.07) is 11.1. The Morgan fingerprint density at radius 2 is 1.79 bits per heavy atom. The number of nitro benzene ring substituents is 2. The van der Waals surface area contributed by atoms with Gasteiger partial charge >= 0.3 is 5.69 Å². The average molecular weight is 393 g/mol. The summed E-state index contributed by atoms with van der Waals surface area (Å²) in [6.07, 6.45) is 0. The molecule has 0 aliphatic carbocycles. The van der Waals surface area contributed by atoms with Gasteiger partial charge in [-0.2, -0.15) is 10.2 Å². The molecule has 0 fully saturated rings. The summed E-state index contributed by atoms with van der Waals surface area (Å²) < 4.78 is 5.55. The van der Waals surface area contributed by atoms with Gasteiger partial charge in [-0.3, -0.25) is 20.2 Å². The summed E-state index contributed by atoms with van der Waals surface area (Å²) >= 11 is 0. The normalized spacial score (nSPS) is 10.2. The lowest BCUT2D eigenvalue weighted by atomic mass is 10.1. The first-order valence-corrected chi connectivity index (χ1v) is 7.84. The molecule has 0 aliphatic heterocycles. The molecule has 12 nitrogen and oxygen atoms in total. The minimum atomic E-state index is -0.786. The number of benzene rings is 2. The molecule has 0 atom stereocenters. The number of nitrogens with two attached hydrogens (primary N) is 2. The van der Waals surface area contributed by atoms with Crippen molar-refractivity contribution in [2.24, 2.45) is 0 Å². The molecule has 3 rings (SSSR count). The van der Waals surface area contributed by atoms with Gasteiger partial charge in [0.15, 0.2) is 0 Å². The molecule has 1 heterocycles. The molecule has 0 amide bonds. The van der Waals surface area contributed by atoms with Crippen molar-refractivity contribution >= 4 is 23.1 Å². The van der Waals surface area contributed by atoms with E-state index < -0.39 is 21.2 Å². The molecule has 0 saturated carbocycles. The van der Waals surface area contributed by atoms with E-state index in [2.05, 4.69) is 9.97 Å². The van der Waals surface area contributed by atoms with E-state index in [-0.39, 0.29) is 34.5 Å². The van der Waals surface area contributed by atoms with Gasteiger partial charge in [-0.15, -0.1) is 0 Å². The highest BCUT2D eigenvalue weighted by atomic mass is 16.6. The van der Waals surface area contributed by atoms with Crippen molar-refractivity contribution in [2.45, 2.75) is 0 Å². The zero-order chi connectivity index (χ0) is 21.1. The second kappa shape index (κ2) is 7.45. The molecular formula is C17H11N7O5. The molecule has 4 N–H and O–H groups in total. The lowest BCUT2D eigenvalue weighted by Crippen LogP contribution is -2.05. The van der Waals surface area contributed by atoms with Crippen LogP contribution in [0.4, 0.5) is 23.1 Å². The first-order chi connectivity index (χ1) is 13.8. The molecular weight excluding hydrogens is 382 g/mol. The van der Waals surface area contributed by atoms with Crippen molar-refractivity contribution in [3.05, 3.63) is 68.3 Å². The van der Waals surface area contributed by atoms with Crippen molar-refractivity contribution in [2.75, 3.05) is 11.5 Å². The van der Waals surface area contributed by atoms with E-state index in [1.54, 1.807) is 12.1 Å². The van der Waals surface area contributed by atoms with E-state index in [0.717, 1.165) is 18.2 Å². The molecule has 0 aliphatic rings. The lowest BCUT2D eigenvalue weighted by Gasteiger charge is -2.10. The fourth-order valence-electron chi connectivity index (χ4n) is 2.50. The summed E-state index contributed by atoms with van der Waals surface area (Å²) in [6.45, 7) is 0. The predicted molar refractivity (Wildman–Crippen MR) is 101 cm³/mol. The standard InChI is InChI=1S/C17H11N7O5/c18-8-12-15(21-17(20)22-16(12)19)9-2-1-3-11(6-9)29-14-5-4-10(23(25)26)7-13(14)24(27)28/h1-7H,(H4,19,20,21,22). The smallest absolute Gasteiger partial charge is 0.318 e. The molecule has 1 aromatic heterocycles. The molecule has 0 radical (unpaired) electrons. The van der Waals surface area contributed by atoms with Crippen LogP contribution >= 0.6 is 0 Å². The predicted octanol–water partition coefficient (Wildman–Crippen LogP) is 2.79. The van der Waals surface area contributed by atoms with Crippen LogP contribution in [0.5, 0.6) is 11.5 Å². The molecule has 0 unspecified atom stereocenters. The lowest BCUT2D eigenvalue weighted by molar-refractivity contribution is -0.394. The van der Waals surface area contributed by atoms with Crippen LogP contribution in [0.2, 0.25) is 0 Å². The monoisotopic (exact) mass is 393 g/mol. The third-order valence-corrected chi connectivity index (χ3v) is 3.75. The van der Waals surface area contributed by atoms with Crippen molar-refractivity contribution in [1.29, 1.82) is 5.26 Å². The number of hydrogen-bond donors (Lipinski definition) is 2. The Kier molecular flexibility index (Phi) is 4.88. The van der Waals surface area contributed by atoms with Gasteiger partial charge in [0.25, 0.3) is 5.69 Å². The van der Waals surface area contributed by atoms with Crippen LogP contribution in [0.25, 0.3) is 11.3 Å². The molecule has 144 valence electrons. The third kappa shape index (κ3) is 3.83. The molecule has 29 heavy (non-hydrogen) atoms. The van der Waals surface area contributed by atoms with Gasteiger partial charge in [-0.1, -0.05) is 12.1 Å². The van der Waals surface area contributed by atoms with Crippen molar-refractivity contribution in [3.8, 4) is 28.8 Å². The van der Waals surface area contributed by atoms with Gasteiger partial charge in [0.1, 0.15) is 23.2 Å². The molecule has 3 aromatic rings. The quantitative estimate of drug-likeness (QED) is 0.480. The number of ether oxygens (including phenoxy) is 1. The van der Waals surface area contributed by atoms with Gasteiger partial charge in [0.2, 0.25) is 11.7 Å². The third-order valence-electron chi connectivity index (χ3n) is 3.75.